The van der Waals surface area contributed by atoms with Crippen LogP contribution < -0.4 is 0 Å². The molecular weight excluding hydrogens is 304 g/mol. The van der Waals surface area contributed by atoms with Crippen molar-refractivity contribution in [3.05, 3.63) is 46.3 Å². The minimum Gasteiger partial charge on any atom is -0.504 e. The molecule has 126 valence electrons. The second-order valence-electron chi connectivity index (χ2n) is 7.95. The van der Waals surface area contributed by atoms with Crippen LogP contribution in [0.3, 0.4) is 0 Å². The summed E-state index contributed by atoms with van der Waals surface area (Å²) in [7, 11) is 0. The van der Waals surface area contributed by atoms with Crippen molar-refractivity contribution in [2.75, 3.05) is 0 Å². The number of esters is 1. The lowest BCUT2D eigenvalue weighted by molar-refractivity contribution is -0.147. The zero-order valence-electron chi connectivity index (χ0n) is 14.5. The molecule has 0 unspecified atom stereocenters. The van der Waals surface area contributed by atoms with E-state index in [2.05, 4.69) is 6.08 Å². The average molecular weight is 326 g/mol. The summed E-state index contributed by atoms with van der Waals surface area (Å²) < 4.78 is 5.72. The lowest BCUT2D eigenvalue weighted by atomic mass is 9.52. The summed E-state index contributed by atoms with van der Waals surface area (Å²) in [5, 5.41) is 10.7. The largest absolute Gasteiger partial charge is 0.504 e. The summed E-state index contributed by atoms with van der Waals surface area (Å²) in [4.78, 5) is 25.2. The zero-order valence-corrected chi connectivity index (χ0v) is 14.5. The van der Waals surface area contributed by atoms with E-state index in [0.29, 0.717) is 11.1 Å². The zero-order chi connectivity index (χ0) is 17.4. The number of aliphatic hydroxyl groups is 1. The molecule has 4 nitrogen and oxygen atoms in total. The van der Waals surface area contributed by atoms with Crippen molar-refractivity contribution in [3.8, 4) is 0 Å². The molecule has 1 heterocycles. The first-order valence-electron chi connectivity index (χ1n) is 8.55. The Kier molecular flexibility index (Phi) is 2.89. The Morgan fingerprint density at radius 2 is 2.00 bits per heavy atom. The smallest absolute Gasteiger partial charge is 0.313 e. The van der Waals surface area contributed by atoms with Crippen LogP contribution in [-0.4, -0.2) is 23.0 Å². The maximum Gasteiger partial charge on any atom is 0.313 e. The summed E-state index contributed by atoms with van der Waals surface area (Å²) in [6.45, 7) is 7.83. The van der Waals surface area contributed by atoms with Crippen molar-refractivity contribution in [3.63, 3.8) is 0 Å². The Morgan fingerprint density at radius 3 is 2.67 bits per heavy atom. The summed E-state index contributed by atoms with van der Waals surface area (Å²) in [6, 6.07) is 0. The molecule has 1 aliphatic heterocycles. The molecule has 3 aliphatic carbocycles. The Bertz CT molecular complexity index is 807. The molecule has 0 aromatic heterocycles. The molecule has 4 rings (SSSR count). The van der Waals surface area contributed by atoms with Crippen LogP contribution in [-0.2, 0) is 14.3 Å². The predicted molar refractivity (Wildman–Crippen MR) is 89.1 cm³/mol. The SMILES string of the molecule is CC(C)C1=CC2=C[C@@H]3OC(=O)[C@]4(C)CCC=C(C2=C(O)C1=O)[C@]34C. The number of aliphatic hydroxyl groups excluding tert-OH is 1. The van der Waals surface area contributed by atoms with Crippen LogP contribution in [0.4, 0.5) is 0 Å². The Hall–Kier alpha value is -2.10. The maximum absolute atomic E-state index is 12.6. The van der Waals surface area contributed by atoms with Crippen LogP contribution >= 0.6 is 0 Å². The number of hydrogen-bond donors (Lipinski definition) is 1. The van der Waals surface area contributed by atoms with Gasteiger partial charge in [0.1, 0.15) is 6.10 Å². The number of ketones is 1. The third kappa shape index (κ3) is 1.54. The number of hydrogen-bond acceptors (Lipinski definition) is 4. The van der Waals surface area contributed by atoms with E-state index in [9.17, 15) is 14.7 Å². The molecule has 0 bridgehead atoms. The first-order valence-corrected chi connectivity index (χ1v) is 8.55. The number of ether oxygens (including phenoxy) is 1. The van der Waals surface area contributed by atoms with Gasteiger partial charge in [0.15, 0.2) is 5.76 Å². The standard InChI is InChI=1S/C20H22O4/c1-10(2)12-8-11-9-14-20(4)13(15(11)17(22)16(12)21)6-5-7-19(20,3)18(23)24-14/h6,8-10,14,22H,5,7H2,1-4H3/t14-,19-,20+/m0/s1. The Balaban J connectivity index is 1.99. The number of rotatable bonds is 1. The third-order valence-electron chi connectivity index (χ3n) is 6.49. The van der Waals surface area contributed by atoms with Crippen molar-refractivity contribution in [1.82, 2.24) is 0 Å². The van der Waals surface area contributed by atoms with Crippen molar-refractivity contribution >= 4 is 11.8 Å². The van der Waals surface area contributed by atoms with E-state index in [4.69, 9.17) is 4.74 Å². The second-order valence-corrected chi connectivity index (χ2v) is 7.95. The highest BCUT2D eigenvalue weighted by Crippen LogP contribution is 2.64. The number of fused-ring (bicyclic) bond motifs is 2. The second kappa shape index (κ2) is 4.50. The molecule has 0 aromatic carbocycles. The fourth-order valence-electron chi connectivity index (χ4n) is 4.68. The first-order chi connectivity index (χ1) is 11.2. The topological polar surface area (TPSA) is 63.6 Å². The van der Waals surface area contributed by atoms with E-state index in [0.717, 1.165) is 24.0 Å². The van der Waals surface area contributed by atoms with Gasteiger partial charge in [0.05, 0.1) is 5.41 Å². The first kappa shape index (κ1) is 15.4. The van der Waals surface area contributed by atoms with E-state index in [1.807, 2.05) is 39.8 Å². The van der Waals surface area contributed by atoms with E-state index in [1.54, 1.807) is 0 Å². The van der Waals surface area contributed by atoms with Gasteiger partial charge >= 0.3 is 5.97 Å². The normalized spacial score (nSPS) is 37.5. The molecule has 1 saturated heterocycles. The molecule has 0 radical (unpaired) electrons. The summed E-state index contributed by atoms with van der Waals surface area (Å²) >= 11 is 0. The number of allylic oxidation sites excluding steroid dienone is 5. The van der Waals surface area contributed by atoms with Crippen molar-refractivity contribution < 1.29 is 19.4 Å². The van der Waals surface area contributed by atoms with Gasteiger partial charge in [-0.2, -0.15) is 0 Å². The van der Waals surface area contributed by atoms with Gasteiger partial charge in [0, 0.05) is 16.6 Å². The van der Waals surface area contributed by atoms with Gasteiger partial charge in [0.2, 0.25) is 5.78 Å². The summed E-state index contributed by atoms with van der Waals surface area (Å²) in [5.41, 5.74) is 1.70. The molecule has 0 saturated carbocycles. The minimum absolute atomic E-state index is 0.0205. The highest BCUT2D eigenvalue weighted by Gasteiger charge is 2.66. The predicted octanol–water partition coefficient (Wildman–Crippen LogP) is 3.56. The fourth-order valence-corrected chi connectivity index (χ4v) is 4.68. The lowest BCUT2D eigenvalue weighted by Gasteiger charge is -2.47. The van der Waals surface area contributed by atoms with Gasteiger partial charge in [-0.1, -0.05) is 26.8 Å². The molecule has 3 atom stereocenters. The number of carbonyl (C=O) groups excluding carboxylic acids is 2. The molecule has 0 spiro atoms. The molecule has 1 N–H and O–H groups in total. The van der Waals surface area contributed by atoms with Gasteiger partial charge in [-0.15, -0.1) is 0 Å². The van der Waals surface area contributed by atoms with Gasteiger partial charge in [-0.05, 0) is 49.0 Å². The highest BCUT2D eigenvalue weighted by molar-refractivity contribution is 6.10. The van der Waals surface area contributed by atoms with E-state index >= 15 is 0 Å². The van der Waals surface area contributed by atoms with Crippen LogP contribution in [0.25, 0.3) is 0 Å². The van der Waals surface area contributed by atoms with Gasteiger partial charge in [0.25, 0.3) is 0 Å². The van der Waals surface area contributed by atoms with Crippen molar-refractivity contribution in [2.45, 2.75) is 46.6 Å². The minimum atomic E-state index is -0.623. The fraction of sp³-hybridized carbons (Fsp3) is 0.500. The summed E-state index contributed by atoms with van der Waals surface area (Å²) in [5.74, 6) is -0.665. The van der Waals surface area contributed by atoms with Gasteiger partial charge in [-0.3, -0.25) is 9.59 Å². The monoisotopic (exact) mass is 326 g/mol. The van der Waals surface area contributed by atoms with E-state index < -0.39 is 10.8 Å². The third-order valence-corrected chi connectivity index (χ3v) is 6.49. The Morgan fingerprint density at radius 1 is 1.29 bits per heavy atom. The number of carbonyl (C=O) groups is 2. The highest BCUT2D eigenvalue weighted by atomic mass is 16.6. The van der Waals surface area contributed by atoms with Crippen molar-refractivity contribution in [1.29, 1.82) is 0 Å². The van der Waals surface area contributed by atoms with Crippen molar-refractivity contribution in [2.24, 2.45) is 16.7 Å². The summed E-state index contributed by atoms with van der Waals surface area (Å²) in [6.07, 6.45) is 6.93. The van der Waals surface area contributed by atoms with Crippen LogP contribution in [0.15, 0.2) is 46.3 Å². The molecule has 0 aromatic rings. The molecule has 4 aliphatic rings. The van der Waals surface area contributed by atoms with Crippen LogP contribution in [0.2, 0.25) is 0 Å². The number of Topliss-reactive ketones (excluding diaryl/α,β-unsaturated/α-hetero) is 1. The lowest BCUT2D eigenvalue weighted by Crippen LogP contribution is -2.47. The molecular formula is C20H22O4. The average Bonchev–Trinajstić information content (AvgIpc) is 2.71. The molecule has 1 fully saturated rings. The van der Waals surface area contributed by atoms with Crippen LogP contribution in [0.1, 0.15) is 40.5 Å². The van der Waals surface area contributed by atoms with Crippen LogP contribution in [0, 0.1) is 16.7 Å². The Labute approximate surface area is 141 Å². The van der Waals surface area contributed by atoms with E-state index in [1.165, 1.54) is 0 Å². The maximum atomic E-state index is 12.6. The van der Waals surface area contributed by atoms with Gasteiger partial charge in [-0.25, -0.2) is 0 Å². The van der Waals surface area contributed by atoms with Gasteiger partial charge < -0.3 is 9.84 Å². The molecule has 24 heavy (non-hydrogen) atoms. The molecule has 0 amide bonds. The van der Waals surface area contributed by atoms with E-state index in [-0.39, 0.29) is 29.5 Å². The molecule has 4 heteroatoms. The van der Waals surface area contributed by atoms with Crippen LogP contribution in [0.5, 0.6) is 0 Å². The quantitative estimate of drug-likeness (QED) is 0.748.